The fourth-order valence-electron chi connectivity index (χ4n) is 0.919. The molecule has 1 heterocycles. The van der Waals surface area contributed by atoms with E-state index in [0.717, 1.165) is 22.2 Å². The number of hydrogen-bond donors (Lipinski definition) is 1. The molecule has 1 aromatic heterocycles. The number of carbonyl (C=O) groups is 1. The second-order valence-electron chi connectivity index (χ2n) is 2.68. The maximum Gasteiger partial charge on any atom is 0.306 e. The van der Waals surface area contributed by atoms with Gasteiger partial charge in [0.2, 0.25) is 0 Å². The summed E-state index contributed by atoms with van der Waals surface area (Å²) in [5.41, 5.74) is 0.942. The number of methoxy groups -OCH3 is 1. The van der Waals surface area contributed by atoms with Crippen molar-refractivity contribution in [1.29, 1.82) is 0 Å². The van der Waals surface area contributed by atoms with Crippen LogP contribution in [0.4, 0.5) is 5.00 Å². The number of carbonyl (C=O) groups excluding carboxylic acids is 1. The molecule has 1 rings (SSSR count). The van der Waals surface area contributed by atoms with Crippen molar-refractivity contribution in [3.05, 3.63) is 5.69 Å². The first-order valence-electron chi connectivity index (χ1n) is 4.41. The summed E-state index contributed by atoms with van der Waals surface area (Å²) in [5, 5.41) is 8.00. The van der Waals surface area contributed by atoms with Crippen LogP contribution < -0.4 is 5.32 Å². The Morgan fingerprint density at radius 2 is 2.47 bits per heavy atom. The van der Waals surface area contributed by atoms with Gasteiger partial charge in [0.05, 0.1) is 13.5 Å². The van der Waals surface area contributed by atoms with Crippen LogP contribution in [0.25, 0.3) is 0 Å². The van der Waals surface area contributed by atoms with Crippen molar-refractivity contribution in [2.24, 2.45) is 0 Å². The smallest absolute Gasteiger partial charge is 0.306 e. The van der Waals surface area contributed by atoms with Gasteiger partial charge in [-0.3, -0.25) is 4.79 Å². The zero-order chi connectivity index (χ0) is 11.1. The van der Waals surface area contributed by atoms with Crippen LogP contribution in [0.1, 0.15) is 12.1 Å². The molecular formula is C8H13N3O2S2. The van der Waals surface area contributed by atoms with Crippen LogP contribution >= 0.6 is 23.3 Å². The van der Waals surface area contributed by atoms with E-state index in [-0.39, 0.29) is 5.97 Å². The highest BCUT2D eigenvalue weighted by atomic mass is 32.2. The van der Waals surface area contributed by atoms with Crippen LogP contribution in [0.15, 0.2) is 0 Å². The SMILES string of the molecule is CNc1snnc1CSCCC(=O)OC. The van der Waals surface area contributed by atoms with Crippen LogP contribution in [-0.2, 0) is 15.3 Å². The summed E-state index contributed by atoms with van der Waals surface area (Å²) in [7, 11) is 3.24. The average Bonchev–Trinajstić information content (AvgIpc) is 2.71. The number of rotatable bonds is 6. The van der Waals surface area contributed by atoms with Crippen LogP contribution in [0, 0.1) is 0 Å². The summed E-state index contributed by atoms with van der Waals surface area (Å²) >= 11 is 2.99. The number of thioether (sulfide) groups is 1. The van der Waals surface area contributed by atoms with Crippen LogP contribution in [-0.4, -0.2) is 35.5 Å². The van der Waals surface area contributed by atoms with E-state index in [0.29, 0.717) is 6.42 Å². The molecule has 0 aliphatic heterocycles. The zero-order valence-electron chi connectivity index (χ0n) is 8.65. The maximum absolute atomic E-state index is 10.8. The topological polar surface area (TPSA) is 64.1 Å². The number of hydrogen-bond acceptors (Lipinski definition) is 7. The molecule has 1 N–H and O–H groups in total. The van der Waals surface area contributed by atoms with Gasteiger partial charge >= 0.3 is 5.97 Å². The third-order valence-corrected chi connectivity index (χ3v) is 3.46. The van der Waals surface area contributed by atoms with E-state index in [1.807, 2.05) is 7.05 Å². The third kappa shape index (κ3) is 4.05. The van der Waals surface area contributed by atoms with E-state index in [1.165, 1.54) is 18.6 Å². The van der Waals surface area contributed by atoms with Gasteiger partial charge in [0, 0.05) is 30.1 Å². The van der Waals surface area contributed by atoms with E-state index in [1.54, 1.807) is 11.8 Å². The minimum absolute atomic E-state index is 0.173. The molecule has 0 aromatic carbocycles. The Balaban J connectivity index is 2.23. The van der Waals surface area contributed by atoms with Crippen LogP contribution in [0.3, 0.4) is 0 Å². The molecule has 1 aromatic rings. The standard InChI is InChI=1S/C8H13N3O2S2/c1-9-8-6(10-11-15-8)5-14-4-3-7(12)13-2/h9H,3-5H2,1-2H3. The molecule has 0 atom stereocenters. The second-order valence-corrected chi connectivity index (χ2v) is 4.54. The van der Waals surface area contributed by atoms with Crippen molar-refractivity contribution in [3.63, 3.8) is 0 Å². The van der Waals surface area contributed by atoms with Gasteiger partial charge in [-0.05, 0) is 0 Å². The van der Waals surface area contributed by atoms with E-state index < -0.39 is 0 Å². The van der Waals surface area contributed by atoms with Crippen molar-refractivity contribution in [2.75, 3.05) is 25.2 Å². The summed E-state index contributed by atoms with van der Waals surface area (Å²) in [4.78, 5) is 10.8. The molecule has 15 heavy (non-hydrogen) atoms. The Bertz CT molecular complexity index is 317. The van der Waals surface area contributed by atoms with Gasteiger partial charge in [-0.1, -0.05) is 4.49 Å². The van der Waals surface area contributed by atoms with Crippen molar-refractivity contribution in [1.82, 2.24) is 9.59 Å². The van der Waals surface area contributed by atoms with Crippen molar-refractivity contribution < 1.29 is 9.53 Å². The molecule has 5 nitrogen and oxygen atoms in total. The molecule has 0 amide bonds. The highest BCUT2D eigenvalue weighted by Crippen LogP contribution is 2.21. The highest BCUT2D eigenvalue weighted by Gasteiger charge is 2.06. The van der Waals surface area contributed by atoms with Crippen molar-refractivity contribution in [3.8, 4) is 0 Å². The number of nitrogens with one attached hydrogen (secondary N) is 1. The lowest BCUT2D eigenvalue weighted by molar-refractivity contribution is -0.140. The second kappa shape index (κ2) is 6.62. The fourth-order valence-corrected chi connectivity index (χ4v) is 2.39. The normalized spacial score (nSPS) is 10.0. The lowest BCUT2D eigenvalue weighted by Gasteiger charge is -2.00. The molecule has 0 radical (unpaired) electrons. The third-order valence-electron chi connectivity index (χ3n) is 1.70. The fraction of sp³-hybridized carbons (Fsp3) is 0.625. The van der Waals surface area contributed by atoms with Gasteiger partial charge < -0.3 is 10.1 Å². The number of nitrogens with zero attached hydrogens (tertiary/aromatic N) is 2. The summed E-state index contributed by atoms with van der Waals surface area (Å²) in [6.45, 7) is 0. The van der Waals surface area contributed by atoms with E-state index in [9.17, 15) is 4.79 Å². The maximum atomic E-state index is 10.8. The molecule has 0 bridgehead atoms. The molecule has 0 saturated heterocycles. The lowest BCUT2D eigenvalue weighted by atomic mass is 10.5. The molecule has 0 unspecified atom stereocenters. The molecule has 0 fully saturated rings. The molecule has 0 saturated carbocycles. The average molecular weight is 247 g/mol. The van der Waals surface area contributed by atoms with E-state index in [4.69, 9.17) is 0 Å². The number of esters is 1. The minimum atomic E-state index is -0.173. The predicted octanol–water partition coefficient (Wildman–Crippen LogP) is 1.38. The largest absolute Gasteiger partial charge is 0.469 e. The summed E-state index contributed by atoms with van der Waals surface area (Å²) < 4.78 is 8.39. The van der Waals surface area contributed by atoms with Gasteiger partial charge in [0.1, 0.15) is 10.7 Å². The Labute approximate surface area is 96.8 Å². The number of anilines is 1. The minimum Gasteiger partial charge on any atom is -0.469 e. The molecular weight excluding hydrogens is 234 g/mol. The first-order chi connectivity index (χ1) is 7.27. The van der Waals surface area contributed by atoms with E-state index >= 15 is 0 Å². The lowest BCUT2D eigenvalue weighted by Crippen LogP contribution is -2.01. The predicted molar refractivity (Wildman–Crippen MR) is 62.3 cm³/mol. The summed E-state index contributed by atoms with van der Waals surface area (Å²) in [6.07, 6.45) is 0.438. The molecule has 0 spiro atoms. The monoisotopic (exact) mass is 247 g/mol. The summed E-state index contributed by atoms with van der Waals surface area (Å²) in [6, 6.07) is 0. The van der Waals surface area contributed by atoms with Crippen molar-refractivity contribution in [2.45, 2.75) is 12.2 Å². The van der Waals surface area contributed by atoms with E-state index in [2.05, 4.69) is 19.6 Å². The Kier molecular flexibility index (Phi) is 5.41. The molecule has 0 aliphatic rings. The molecule has 84 valence electrons. The molecule has 0 aliphatic carbocycles. The first-order valence-corrected chi connectivity index (χ1v) is 6.34. The Morgan fingerprint density at radius 3 is 3.13 bits per heavy atom. The van der Waals surface area contributed by atoms with Gasteiger partial charge in [-0.2, -0.15) is 11.8 Å². The van der Waals surface area contributed by atoms with Gasteiger partial charge in [0.25, 0.3) is 0 Å². The van der Waals surface area contributed by atoms with Crippen LogP contribution in [0.5, 0.6) is 0 Å². The van der Waals surface area contributed by atoms with Gasteiger partial charge in [-0.25, -0.2) is 0 Å². The quantitative estimate of drug-likeness (QED) is 0.605. The number of aromatic nitrogens is 2. The van der Waals surface area contributed by atoms with Gasteiger partial charge in [0.15, 0.2) is 0 Å². The van der Waals surface area contributed by atoms with Crippen LogP contribution in [0.2, 0.25) is 0 Å². The number of ether oxygens (including phenoxy) is 1. The first kappa shape index (κ1) is 12.3. The Hall–Kier alpha value is -0.820. The Morgan fingerprint density at radius 1 is 1.67 bits per heavy atom. The summed E-state index contributed by atoms with van der Waals surface area (Å²) in [5.74, 6) is 1.34. The van der Waals surface area contributed by atoms with Crippen molar-refractivity contribution >= 4 is 34.3 Å². The highest BCUT2D eigenvalue weighted by molar-refractivity contribution is 7.98. The van der Waals surface area contributed by atoms with Gasteiger partial charge in [-0.15, -0.1) is 5.10 Å². The zero-order valence-corrected chi connectivity index (χ0v) is 10.3. The molecule has 7 heteroatoms.